The fraction of sp³-hybridized carbons (Fsp3) is 0.304. The summed E-state index contributed by atoms with van der Waals surface area (Å²) in [6.07, 6.45) is 2.64. The van der Waals surface area contributed by atoms with Gasteiger partial charge in [0.2, 0.25) is 11.8 Å². The first kappa shape index (κ1) is 26.6. The molecule has 10 heteroatoms. The Hall–Kier alpha value is -2.69. The van der Waals surface area contributed by atoms with Gasteiger partial charge in [0.15, 0.2) is 0 Å². The Bertz CT molecular complexity index is 1070. The molecule has 0 fully saturated rings. The van der Waals surface area contributed by atoms with E-state index in [0.29, 0.717) is 11.3 Å². The SMILES string of the molecule is CC(C)N(C(=O)C(CC[S+](C)[O-])C(=O)NS(=O)(=O)C=Cc1ccccc1)c1ccc(F)cc1. The average Bonchev–Trinajstić information content (AvgIpc) is 2.74. The van der Waals surface area contributed by atoms with Crippen molar-refractivity contribution < 1.29 is 27.0 Å². The largest absolute Gasteiger partial charge is 0.617 e. The van der Waals surface area contributed by atoms with Crippen molar-refractivity contribution >= 4 is 44.8 Å². The van der Waals surface area contributed by atoms with Gasteiger partial charge in [0.1, 0.15) is 17.5 Å². The van der Waals surface area contributed by atoms with Gasteiger partial charge in [-0.2, -0.15) is 0 Å². The molecular formula is C23H27FN2O5S2. The Morgan fingerprint density at radius 3 is 2.27 bits per heavy atom. The summed E-state index contributed by atoms with van der Waals surface area (Å²) in [5.41, 5.74) is 0.977. The van der Waals surface area contributed by atoms with Crippen LogP contribution in [0.2, 0.25) is 0 Å². The van der Waals surface area contributed by atoms with Gasteiger partial charge in [-0.05, 0) is 49.8 Å². The maximum atomic E-state index is 13.4. The molecule has 0 saturated carbocycles. The molecule has 1 N–H and O–H groups in total. The zero-order chi connectivity index (χ0) is 24.6. The smallest absolute Gasteiger partial charge is 0.257 e. The molecule has 0 aliphatic rings. The van der Waals surface area contributed by atoms with Gasteiger partial charge in [-0.25, -0.2) is 17.5 Å². The molecule has 2 atom stereocenters. The Balaban J connectivity index is 2.29. The van der Waals surface area contributed by atoms with E-state index in [2.05, 4.69) is 0 Å². The molecule has 0 bridgehead atoms. The molecule has 33 heavy (non-hydrogen) atoms. The molecule has 2 unspecified atom stereocenters. The number of rotatable bonds is 10. The molecule has 0 saturated heterocycles. The molecule has 0 aliphatic heterocycles. The van der Waals surface area contributed by atoms with Gasteiger partial charge >= 0.3 is 0 Å². The van der Waals surface area contributed by atoms with Crippen LogP contribution in [-0.2, 0) is 30.8 Å². The number of amides is 2. The number of hydrogen-bond acceptors (Lipinski definition) is 5. The summed E-state index contributed by atoms with van der Waals surface area (Å²) in [6, 6.07) is 13.4. The molecule has 2 aromatic rings. The second-order valence-electron chi connectivity index (χ2n) is 7.62. The zero-order valence-electron chi connectivity index (χ0n) is 18.6. The van der Waals surface area contributed by atoms with Gasteiger partial charge < -0.3 is 9.45 Å². The predicted molar refractivity (Wildman–Crippen MR) is 129 cm³/mol. The van der Waals surface area contributed by atoms with Crippen molar-refractivity contribution in [2.24, 2.45) is 5.92 Å². The highest BCUT2D eigenvalue weighted by atomic mass is 32.2. The number of anilines is 1. The molecule has 178 valence electrons. The Kier molecular flexibility index (Phi) is 9.63. The molecule has 0 heterocycles. The van der Waals surface area contributed by atoms with Crippen molar-refractivity contribution in [1.82, 2.24) is 4.72 Å². The summed E-state index contributed by atoms with van der Waals surface area (Å²) in [4.78, 5) is 27.6. The van der Waals surface area contributed by atoms with E-state index in [0.717, 1.165) is 5.41 Å². The van der Waals surface area contributed by atoms with E-state index in [9.17, 15) is 27.0 Å². The first-order chi connectivity index (χ1) is 15.5. The Labute approximate surface area is 196 Å². The fourth-order valence-electron chi connectivity index (χ4n) is 3.08. The standard InChI is InChI=1S/C23H27FN2O5S2/c1-17(2)26(20-11-9-19(24)10-12-20)23(28)21(13-15-32(3)29)22(27)25-33(30,31)16-14-18-7-5-4-6-8-18/h4-12,14,16-17,21H,13,15H2,1-3H3,(H,25,27). The molecule has 7 nitrogen and oxygen atoms in total. The molecule has 0 radical (unpaired) electrons. The highest BCUT2D eigenvalue weighted by molar-refractivity contribution is 7.93. The van der Waals surface area contributed by atoms with Gasteiger partial charge in [0, 0.05) is 18.2 Å². The number of hydrogen-bond donors (Lipinski definition) is 1. The van der Waals surface area contributed by atoms with Gasteiger partial charge in [0.25, 0.3) is 10.0 Å². The highest BCUT2D eigenvalue weighted by Gasteiger charge is 2.35. The van der Waals surface area contributed by atoms with Crippen LogP contribution in [0, 0.1) is 11.7 Å². The summed E-state index contributed by atoms with van der Waals surface area (Å²) in [7, 11) is -4.19. The molecule has 2 amide bonds. The molecular weight excluding hydrogens is 467 g/mol. The van der Waals surface area contributed by atoms with Crippen LogP contribution in [0.4, 0.5) is 10.1 Å². The van der Waals surface area contributed by atoms with E-state index in [1.807, 2.05) is 4.72 Å². The highest BCUT2D eigenvalue weighted by Crippen LogP contribution is 2.22. The molecule has 2 aromatic carbocycles. The monoisotopic (exact) mass is 494 g/mol. The third kappa shape index (κ3) is 8.30. The lowest BCUT2D eigenvalue weighted by Crippen LogP contribution is -2.48. The minimum atomic E-state index is -4.19. The molecule has 0 aliphatic carbocycles. The summed E-state index contributed by atoms with van der Waals surface area (Å²) in [6.45, 7) is 3.43. The fourth-order valence-corrected chi connectivity index (χ4v) is 4.47. The van der Waals surface area contributed by atoms with E-state index >= 15 is 0 Å². The minimum absolute atomic E-state index is 0.0269. The lowest BCUT2D eigenvalue weighted by molar-refractivity contribution is -0.132. The van der Waals surface area contributed by atoms with Crippen molar-refractivity contribution in [1.29, 1.82) is 0 Å². The van der Waals surface area contributed by atoms with Crippen LogP contribution in [0.5, 0.6) is 0 Å². The van der Waals surface area contributed by atoms with Crippen LogP contribution >= 0.6 is 0 Å². The van der Waals surface area contributed by atoms with Crippen molar-refractivity contribution in [3.05, 3.63) is 71.4 Å². The normalized spacial score (nSPS) is 13.6. The summed E-state index contributed by atoms with van der Waals surface area (Å²) >= 11 is -1.31. The summed E-state index contributed by atoms with van der Waals surface area (Å²) in [5, 5.41) is 0.847. The summed E-state index contributed by atoms with van der Waals surface area (Å²) < 4.78 is 51.8. The quantitative estimate of drug-likeness (QED) is 0.404. The van der Waals surface area contributed by atoms with E-state index in [4.69, 9.17) is 0 Å². The zero-order valence-corrected chi connectivity index (χ0v) is 20.2. The number of nitrogens with one attached hydrogen (secondary N) is 1. The van der Waals surface area contributed by atoms with Crippen LogP contribution in [0.25, 0.3) is 6.08 Å². The van der Waals surface area contributed by atoms with Gasteiger partial charge in [-0.3, -0.25) is 9.59 Å². The Morgan fingerprint density at radius 1 is 1.12 bits per heavy atom. The second-order valence-corrected chi connectivity index (χ2v) is 10.7. The number of carbonyl (C=O) groups is 2. The predicted octanol–water partition coefficient (Wildman–Crippen LogP) is 3.07. The van der Waals surface area contributed by atoms with Crippen LogP contribution in [0.1, 0.15) is 25.8 Å². The van der Waals surface area contributed by atoms with Crippen LogP contribution in [0.3, 0.4) is 0 Å². The van der Waals surface area contributed by atoms with Crippen molar-refractivity contribution in [2.45, 2.75) is 26.3 Å². The van der Waals surface area contributed by atoms with Gasteiger partial charge in [-0.15, -0.1) is 0 Å². The molecule has 2 rings (SSSR count). The first-order valence-electron chi connectivity index (χ1n) is 10.2. The van der Waals surface area contributed by atoms with Crippen LogP contribution < -0.4 is 9.62 Å². The number of halogens is 1. The molecule has 0 spiro atoms. The third-order valence-corrected chi connectivity index (χ3v) is 6.44. The van der Waals surface area contributed by atoms with Crippen LogP contribution in [-0.4, -0.2) is 42.8 Å². The lowest BCUT2D eigenvalue weighted by atomic mass is 10.0. The average molecular weight is 495 g/mol. The maximum Gasteiger partial charge on any atom is 0.257 e. The second kappa shape index (κ2) is 12.0. The lowest BCUT2D eigenvalue weighted by Gasteiger charge is -2.30. The third-order valence-electron chi connectivity index (χ3n) is 4.65. The van der Waals surface area contributed by atoms with E-state index in [1.165, 1.54) is 41.5 Å². The van der Waals surface area contributed by atoms with E-state index in [-0.39, 0.29) is 12.2 Å². The topological polar surface area (TPSA) is 107 Å². The number of nitrogens with zero attached hydrogens (tertiary/aromatic N) is 1. The van der Waals surface area contributed by atoms with E-state index < -0.39 is 50.8 Å². The van der Waals surface area contributed by atoms with Gasteiger partial charge in [-0.1, -0.05) is 41.5 Å². The maximum absolute atomic E-state index is 13.4. The van der Waals surface area contributed by atoms with Crippen molar-refractivity contribution in [2.75, 3.05) is 16.9 Å². The number of benzene rings is 2. The summed E-state index contributed by atoms with van der Waals surface area (Å²) in [5.74, 6) is -3.54. The minimum Gasteiger partial charge on any atom is -0.617 e. The van der Waals surface area contributed by atoms with Crippen molar-refractivity contribution in [3.63, 3.8) is 0 Å². The van der Waals surface area contributed by atoms with Gasteiger partial charge in [0.05, 0.1) is 11.7 Å². The van der Waals surface area contributed by atoms with Crippen LogP contribution in [0.15, 0.2) is 60.0 Å². The molecule has 0 aromatic heterocycles. The Morgan fingerprint density at radius 2 is 1.73 bits per heavy atom. The number of carbonyl (C=O) groups excluding carboxylic acids is 2. The first-order valence-corrected chi connectivity index (χ1v) is 13.5. The van der Waals surface area contributed by atoms with E-state index in [1.54, 1.807) is 44.2 Å². The van der Waals surface area contributed by atoms with Crippen molar-refractivity contribution in [3.8, 4) is 0 Å². The number of sulfonamides is 1.